The Balaban J connectivity index is 2.11. The molecule has 1 heterocycles. The van der Waals surface area contributed by atoms with E-state index in [-0.39, 0.29) is 0 Å². The molecule has 2 rings (SSSR count). The Hall–Kier alpha value is -0.860. The number of hydrogen-bond acceptors (Lipinski definition) is 2. The van der Waals surface area contributed by atoms with Crippen molar-refractivity contribution in [2.24, 2.45) is 5.73 Å². The van der Waals surface area contributed by atoms with Crippen molar-refractivity contribution >= 4 is 0 Å². The van der Waals surface area contributed by atoms with Crippen LogP contribution in [-0.4, -0.2) is 12.6 Å². The molecule has 0 unspecified atom stereocenters. The van der Waals surface area contributed by atoms with Crippen molar-refractivity contribution in [3.05, 3.63) is 35.9 Å². The van der Waals surface area contributed by atoms with Crippen LogP contribution in [0.5, 0.6) is 0 Å². The first-order valence-corrected chi connectivity index (χ1v) is 4.40. The summed E-state index contributed by atoms with van der Waals surface area (Å²) in [6, 6.07) is 11.3. The number of hydrogen-bond donors (Lipinski definition) is 2. The molecule has 0 amide bonds. The van der Waals surface area contributed by atoms with Crippen molar-refractivity contribution in [1.29, 1.82) is 0 Å². The van der Waals surface area contributed by atoms with Gasteiger partial charge in [-0.05, 0) is 12.0 Å². The topological polar surface area (TPSA) is 38.0 Å². The highest BCUT2D eigenvalue weighted by atomic mass is 15.0. The lowest BCUT2D eigenvalue weighted by molar-refractivity contribution is 0.640. The molecule has 1 aromatic carbocycles. The van der Waals surface area contributed by atoms with Gasteiger partial charge in [0.05, 0.1) is 0 Å². The molecule has 1 aromatic rings. The van der Waals surface area contributed by atoms with E-state index in [1.807, 2.05) is 6.07 Å². The first kappa shape index (κ1) is 7.77. The zero-order valence-electron chi connectivity index (χ0n) is 7.03. The molecular weight excluding hydrogens is 148 g/mol. The highest BCUT2D eigenvalue weighted by Gasteiger charge is 2.21. The lowest BCUT2D eigenvalue weighted by Crippen LogP contribution is -2.22. The Kier molecular flexibility index (Phi) is 2.11. The van der Waals surface area contributed by atoms with Crippen LogP contribution in [0.25, 0.3) is 0 Å². The summed E-state index contributed by atoms with van der Waals surface area (Å²) < 4.78 is 0. The van der Waals surface area contributed by atoms with Gasteiger partial charge in [0.15, 0.2) is 0 Å². The smallest absolute Gasteiger partial charge is 0.0336 e. The van der Waals surface area contributed by atoms with Crippen molar-refractivity contribution in [2.75, 3.05) is 6.54 Å². The van der Waals surface area contributed by atoms with E-state index < -0.39 is 0 Å². The molecule has 2 heteroatoms. The van der Waals surface area contributed by atoms with Gasteiger partial charge in [-0.3, -0.25) is 0 Å². The summed E-state index contributed by atoms with van der Waals surface area (Å²) in [6.07, 6.45) is 1.06. The standard InChI is InChI=1S/C10H14N2/c11-9-6-10(12-7-9)8-4-2-1-3-5-8/h1-5,9-10,12H,6-7,11H2/t9-,10-/m1/s1. The molecule has 64 valence electrons. The second-order valence-corrected chi connectivity index (χ2v) is 3.37. The van der Waals surface area contributed by atoms with Crippen molar-refractivity contribution in [3.8, 4) is 0 Å². The predicted molar refractivity (Wildman–Crippen MR) is 49.8 cm³/mol. The maximum absolute atomic E-state index is 5.80. The van der Waals surface area contributed by atoms with Gasteiger partial charge in [0.1, 0.15) is 0 Å². The molecule has 1 aliphatic rings. The van der Waals surface area contributed by atoms with Crippen LogP contribution < -0.4 is 11.1 Å². The Morgan fingerprint density at radius 1 is 1.25 bits per heavy atom. The van der Waals surface area contributed by atoms with Gasteiger partial charge >= 0.3 is 0 Å². The minimum atomic E-state index is 0.329. The molecule has 0 spiro atoms. The molecule has 0 saturated carbocycles. The van der Waals surface area contributed by atoms with E-state index in [1.54, 1.807) is 0 Å². The van der Waals surface area contributed by atoms with Gasteiger partial charge in [-0.2, -0.15) is 0 Å². The molecule has 0 bridgehead atoms. The molecule has 1 fully saturated rings. The molecule has 0 aliphatic carbocycles. The van der Waals surface area contributed by atoms with E-state index in [0.717, 1.165) is 13.0 Å². The number of benzene rings is 1. The lowest BCUT2D eigenvalue weighted by Gasteiger charge is -2.09. The third kappa shape index (κ3) is 1.49. The molecule has 0 aromatic heterocycles. The quantitative estimate of drug-likeness (QED) is 0.647. The average molecular weight is 162 g/mol. The van der Waals surface area contributed by atoms with Crippen LogP contribution in [-0.2, 0) is 0 Å². The maximum atomic E-state index is 5.80. The SMILES string of the molecule is N[C@H]1CN[C@@H](c2ccccc2)C1. The molecule has 1 saturated heterocycles. The first-order chi connectivity index (χ1) is 5.86. The summed E-state index contributed by atoms with van der Waals surface area (Å²) in [6.45, 7) is 0.944. The highest BCUT2D eigenvalue weighted by molar-refractivity contribution is 5.20. The second kappa shape index (κ2) is 3.25. The van der Waals surface area contributed by atoms with Crippen molar-refractivity contribution < 1.29 is 0 Å². The molecule has 3 N–H and O–H groups in total. The van der Waals surface area contributed by atoms with Gasteiger partial charge in [0, 0.05) is 18.6 Å². The van der Waals surface area contributed by atoms with Crippen LogP contribution in [0.4, 0.5) is 0 Å². The second-order valence-electron chi connectivity index (χ2n) is 3.37. The Morgan fingerprint density at radius 2 is 2.00 bits per heavy atom. The monoisotopic (exact) mass is 162 g/mol. The molecule has 0 radical (unpaired) electrons. The predicted octanol–water partition coefficient (Wildman–Crippen LogP) is 1.05. The summed E-state index contributed by atoms with van der Waals surface area (Å²) in [5.41, 5.74) is 7.15. The Morgan fingerprint density at radius 3 is 2.58 bits per heavy atom. The molecular formula is C10H14N2. The van der Waals surface area contributed by atoms with E-state index in [9.17, 15) is 0 Å². The number of rotatable bonds is 1. The first-order valence-electron chi connectivity index (χ1n) is 4.40. The normalized spacial score (nSPS) is 29.1. The fourth-order valence-corrected chi connectivity index (χ4v) is 1.70. The van der Waals surface area contributed by atoms with E-state index in [2.05, 4.69) is 29.6 Å². The van der Waals surface area contributed by atoms with Crippen molar-refractivity contribution in [2.45, 2.75) is 18.5 Å². The lowest BCUT2D eigenvalue weighted by atomic mass is 10.0. The third-order valence-electron chi connectivity index (χ3n) is 2.37. The minimum absolute atomic E-state index is 0.329. The van der Waals surface area contributed by atoms with Crippen LogP contribution in [0.3, 0.4) is 0 Å². The van der Waals surface area contributed by atoms with Crippen molar-refractivity contribution in [3.63, 3.8) is 0 Å². The summed E-state index contributed by atoms with van der Waals surface area (Å²) >= 11 is 0. The molecule has 12 heavy (non-hydrogen) atoms. The van der Waals surface area contributed by atoms with Crippen molar-refractivity contribution in [1.82, 2.24) is 5.32 Å². The van der Waals surface area contributed by atoms with Gasteiger partial charge in [0.25, 0.3) is 0 Å². The van der Waals surface area contributed by atoms with Crippen LogP contribution >= 0.6 is 0 Å². The Labute approximate surface area is 72.8 Å². The zero-order valence-corrected chi connectivity index (χ0v) is 7.03. The van der Waals surface area contributed by atoms with Gasteiger partial charge in [-0.25, -0.2) is 0 Å². The van der Waals surface area contributed by atoms with Crippen LogP contribution in [0.2, 0.25) is 0 Å². The zero-order chi connectivity index (χ0) is 8.39. The van der Waals surface area contributed by atoms with Crippen LogP contribution in [0.1, 0.15) is 18.0 Å². The third-order valence-corrected chi connectivity index (χ3v) is 2.37. The maximum Gasteiger partial charge on any atom is 0.0336 e. The summed E-state index contributed by atoms with van der Waals surface area (Å²) in [5, 5.41) is 3.40. The van der Waals surface area contributed by atoms with Gasteiger partial charge in [-0.1, -0.05) is 30.3 Å². The van der Waals surface area contributed by atoms with Crippen LogP contribution in [0.15, 0.2) is 30.3 Å². The number of nitrogens with two attached hydrogens (primary N) is 1. The molecule has 1 aliphatic heterocycles. The fourth-order valence-electron chi connectivity index (χ4n) is 1.70. The van der Waals surface area contributed by atoms with E-state index in [1.165, 1.54) is 5.56 Å². The summed E-state index contributed by atoms with van der Waals surface area (Å²) in [7, 11) is 0. The summed E-state index contributed by atoms with van der Waals surface area (Å²) in [4.78, 5) is 0. The van der Waals surface area contributed by atoms with E-state index in [4.69, 9.17) is 5.73 Å². The van der Waals surface area contributed by atoms with Gasteiger partial charge in [-0.15, -0.1) is 0 Å². The largest absolute Gasteiger partial charge is 0.326 e. The van der Waals surface area contributed by atoms with Gasteiger partial charge in [0.2, 0.25) is 0 Å². The molecule has 2 nitrogen and oxygen atoms in total. The van der Waals surface area contributed by atoms with E-state index in [0.29, 0.717) is 12.1 Å². The fraction of sp³-hybridized carbons (Fsp3) is 0.400. The average Bonchev–Trinajstić information content (AvgIpc) is 2.54. The highest BCUT2D eigenvalue weighted by Crippen LogP contribution is 2.21. The summed E-state index contributed by atoms with van der Waals surface area (Å²) in [5.74, 6) is 0. The van der Waals surface area contributed by atoms with Crippen LogP contribution in [0, 0.1) is 0 Å². The molecule has 2 atom stereocenters. The number of nitrogens with one attached hydrogen (secondary N) is 1. The minimum Gasteiger partial charge on any atom is -0.326 e. The van der Waals surface area contributed by atoms with E-state index >= 15 is 0 Å². The Bertz CT molecular complexity index is 245. The van der Waals surface area contributed by atoms with Gasteiger partial charge < -0.3 is 11.1 Å².